The fourth-order valence-electron chi connectivity index (χ4n) is 2.65. The van der Waals surface area contributed by atoms with Crippen LogP contribution in [0.15, 0.2) is 29.4 Å². The van der Waals surface area contributed by atoms with Crippen LogP contribution in [0, 0.1) is 11.6 Å². The summed E-state index contributed by atoms with van der Waals surface area (Å²) in [6.45, 7) is 0.451. The van der Waals surface area contributed by atoms with Crippen LogP contribution < -0.4 is 4.72 Å². The monoisotopic (exact) mass is 460 g/mol. The number of nitrogens with zero attached hydrogens (tertiary/aromatic N) is 3. The Bertz CT molecular complexity index is 990. The maximum atomic E-state index is 13.9. The Morgan fingerprint density at radius 2 is 2.03 bits per heavy atom. The SMILES string of the molecule is O=S(=O)(Nc1cc(CCC(O)CO)nc(SCc2cccc(F)c2F)n1)N1CCC1. The molecule has 0 bridgehead atoms. The largest absolute Gasteiger partial charge is 0.394 e. The third-order valence-electron chi connectivity index (χ3n) is 4.48. The predicted molar refractivity (Wildman–Crippen MR) is 108 cm³/mol. The maximum Gasteiger partial charge on any atom is 0.302 e. The van der Waals surface area contributed by atoms with Gasteiger partial charge in [0.1, 0.15) is 5.82 Å². The molecule has 3 N–H and O–H groups in total. The van der Waals surface area contributed by atoms with Crippen molar-refractivity contribution in [3.05, 3.63) is 47.2 Å². The number of aliphatic hydroxyl groups excluding tert-OH is 2. The fourth-order valence-corrected chi connectivity index (χ4v) is 4.74. The Labute approximate surface area is 177 Å². The summed E-state index contributed by atoms with van der Waals surface area (Å²) < 4.78 is 55.7. The minimum absolute atomic E-state index is 0.0463. The molecule has 1 aromatic carbocycles. The molecule has 0 spiro atoms. The average molecular weight is 461 g/mol. The molecule has 30 heavy (non-hydrogen) atoms. The number of rotatable bonds is 10. The average Bonchev–Trinajstić information content (AvgIpc) is 2.65. The zero-order valence-corrected chi connectivity index (χ0v) is 17.6. The molecule has 8 nitrogen and oxygen atoms in total. The van der Waals surface area contributed by atoms with E-state index < -0.39 is 34.6 Å². The number of halogens is 2. The first-order valence-electron chi connectivity index (χ1n) is 9.29. The number of hydrogen-bond donors (Lipinski definition) is 3. The van der Waals surface area contributed by atoms with E-state index in [1.54, 1.807) is 0 Å². The van der Waals surface area contributed by atoms with Crippen LogP contribution in [0.4, 0.5) is 14.6 Å². The van der Waals surface area contributed by atoms with Gasteiger partial charge < -0.3 is 10.2 Å². The highest BCUT2D eigenvalue weighted by Crippen LogP contribution is 2.25. The van der Waals surface area contributed by atoms with Gasteiger partial charge in [0.15, 0.2) is 16.8 Å². The summed E-state index contributed by atoms with van der Waals surface area (Å²) in [7, 11) is -3.74. The highest BCUT2D eigenvalue weighted by molar-refractivity contribution is 7.98. The second-order valence-corrected chi connectivity index (χ2v) is 9.38. The van der Waals surface area contributed by atoms with E-state index in [9.17, 15) is 22.3 Å². The highest BCUT2D eigenvalue weighted by atomic mass is 32.2. The summed E-state index contributed by atoms with van der Waals surface area (Å²) in [5.74, 6) is -1.81. The molecule has 1 saturated heterocycles. The molecule has 12 heteroatoms. The normalized spacial score (nSPS) is 15.6. The molecule has 0 saturated carbocycles. The molecule has 164 valence electrons. The predicted octanol–water partition coefficient (Wildman–Crippen LogP) is 1.70. The van der Waals surface area contributed by atoms with Gasteiger partial charge in [-0.25, -0.2) is 18.7 Å². The molecule has 1 aliphatic heterocycles. The lowest BCUT2D eigenvalue weighted by molar-refractivity contribution is 0.0883. The lowest BCUT2D eigenvalue weighted by Crippen LogP contribution is -2.45. The standard InChI is InChI=1S/C18H22F2N4O4S2/c19-15-4-1-3-12(17(15)20)11-29-18-21-13(5-6-14(26)10-25)9-16(22-18)23-30(27,28)24-7-2-8-24/h1,3-4,9,14,25-26H,2,5-8,10-11H2,(H,21,22,23). The molecule has 3 rings (SSSR count). The van der Waals surface area contributed by atoms with E-state index >= 15 is 0 Å². The third kappa shape index (κ3) is 5.85. The number of nitrogens with one attached hydrogen (secondary N) is 1. The quantitative estimate of drug-likeness (QED) is 0.365. The van der Waals surface area contributed by atoms with Crippen molar-refractivity contribution in [2.24, 2.45) is 0 Å². The van der Waals surface area contributed by atoms with Gasteiger partial charge in [-0.05, 0) is 25.3 Å². The van der Waals surface area contributed by atoms with E-state index in [2.05, 4.69) is 14.7 Å². The van der Waals surface area contributed by atoms with Gasteiger partial charge in [-0.3, -0.25) is 4.72 Å². The van der Waals surface area contributed by atoms with Gasteiger partial charge in [-0.2, -0.15) is 12.7 Å². The summed E-state index contributed by atoms with van der Waals surface area (Å²) in [5.41, 5.74) is 0.577. The number of benzene rings is 1. The Morgan fingerprint density at radius 3 is 2.70 bits per heavy atom. The van der Waals surface area contributed by atoms with Crippen molar-refractivity contribution in [3.8, 4) is 0 Å². The van der Waals surface area contributed by atoms with Crippen molar-refractivity contribution in [1.82, 2.24) is 14.3 Å². The van der Waals surface area contributed by atoms with Crippen molar-refractivity contribution >= 4 is 27.8 Å². The maximum absolute atomic E-state index is 13.9. The number of aryl methyl sites for hydroxylation is 1. The summed E-state index contributed by atoms with van der Waals surface area (Å²) >= 11 is 1.03. The van der Waals surface area contributed by atoms with Crippen LogP contribution >= 0.6 is 11.8 Å². The van der Waals surface area contributed by atoms with Gasteiger partial charge in [0.2, 0.25) is 0 Å². The summed E-state index contributed by atoms with van der Waals surface area (Å²) in [5, 5.41) is 18.7. The zero-order chi connectivity index (χ0) is 21.7. The molecule has 1 unspecified atom stereocenters. The lowest BCUT2D eigenvalue weighted by atomic mass is 10.1. The van der Waals surface area contributed by atoms with E-state index in [1.165, 1.54) is 22.5 Å². The molecule has 2 aromatic rings. The van der Waals surface area contributed by atoms with Crippen molar-refractivity contribution < 1.29 is 27.4 Å². The second kappa shape index (κ2) is 9.96. The fraction of sp³-hybridized carbons (Fsp3) is 0.444. The molecule has 2 heterocycles. The van der Waals surface area contributed by atoms with Crippen molar-refractivity contribution in [1.29, 1.82) is 0 Å². The summed E-state index contributed by atoms with van der Waals surface area (Å²) in [6, 6.07) is 5.32. The minimum atomic E-state index is -3.74. The van der Waals surface area contributed by atoms with Crippen LogP contribution in [0.25, 0.3) is 0 Å². The van der Waals surface area contributed by atoms with E-state index in [1.807, 2.05) is 0 Å². The third-order valence-corrected chi connectivity index (χ3v) is 6.89. The van der Waals surface area contributed by atoms with Crippen LogP contribution in [0.5, 0.6) is 0 Å². The highest BCUT2D eigenvalue weighted by Gasteiger charge is 2.28. The van der Waals surface area contributed by atoms with E-state index in [4.69, 9.17) is 5.11 Å². The second-order valence-electron chi connectivity index (χ2n) is 6.76. The van der Waals surface area contributed by atoms with Gasteiger partial charge in [-0.15, -0.1) is 0 Å². The zero-order valence-electron chi connectivity index (χ0n) is 16.0. The molecule has 1 atom stereocenters. The Balaban J connectivity index is 1.80. The van der Waals surface area contributed by atoms with E-state index in [0.717, 1.165) is 24.2 Å². The van der Waals surface area contributed by atoms with Crippen LogP contribution in [0.1, 0.15) is 24.1 Å². The number of anilines is 1. The topological polar surface area (TPSA) is 116 Å². The molecular weight excluding hydrogens is 438 g/mol. The van der Waals surface area contributed by atoms with Crippen LogP contribution in [-0.4, -0.2) is 58.7 Å². The molecule has 1 aliphatic rings. The minimum Gasteiger partial charge on any atom is -0.394 e. The molecule has 1 fully saturated rings. The first kappa shape index (κ1) is 22.8. The Kier molecular flexibility index (Phi) is 7.58. The van der Waals surface area contributed by atoms with Crippen LogP contribution in [0.3, 0.4) is 0 Å². The Morgan fingerprint density at radius 1 is 1.27 bits per heavy atom. The summed E-state index contributed by atoms with van der Waals surface area (Å²) in [6.07, 6.45) is 0.340. The number of hydrogen-bond acceptors (Lipinski definition) is 7. The number of thioether (sulfide) groups is 1. The smallest absolute Gasteiger partial charge is 0.302 e. The van der Waals surface area contributed by atoms with Gasteiger partial charge in [0.05, 0.1) is 12.7 Å². The number of aromatic nitrogens is 2. The molecule has 0 aliphatic carbocycles. The van der Waals surface area contributed by atoms with Gasteiger partial charge in [-0.1, -0.05) is 23.9 Å². The van der Waals surface area contributed by atoms with Crippen molar-refractivity contribution in [3.63, 3.8) is 0 Å². The molecule has 0 radical (unpaired) electrons. The molecule has 1 aromatic heterocycles. The van der Waals surface area contributed by atoms with Gasteiger partial charge >= 0.3 is 10.2 Å². The Hall–Kier alpha value is -1.86. The van der Waals surface area contributed by atoms with Crippen molar-refractivity contribution in [2.75, 3.05) is 24.4 Å². The molecule has 0 amide bonds. The van der Waals surface area contributed by atoms with Crippen LogP contribution in [-0.2, 0) is 22.4 Å². The van der Waals surface area contributed by atoms with Gasteiger partial charge in [0.25, 0.3) is 0 Å². The van der Waals surface area contributed by atoms with Crippen LogP contribution in [0.2, 0.25) is 0 Å². The van der Waals surface area contributed by atoms with Gasteiger partial charge in [0, 0.05) is 36.2 Å². The summed E-state index contributed by atoms with van der Waals surface area (Å²) in [4.78, 5) is 8.49. The van der Waals surface area contributed by atoms with E-state index in [-0.39, 0.29) is 35.1 Å². The molecular formula is C18H22F2N4O4S2. The lowest BCUT2D eigenvalue weighted by Gasteiger charge is -2.29. The van der Waals surface area contributed by atoms with E-state index in [0.29, 0.717) is 18.8 Å². The first-order valence-corrected chi connectivity index (χ1v) is 11.7. The number of aliphatic hydroxyl groups is 2. The van der Waals surface area contributed by atoms with Crippen molar-refractivity contribution in [2.45, 2.75) is 36.3 Å². The first-order chi connectivity index (χ1) is 14.3.